The van der Waals surface area contributed by atoms with Crippen LogP contribution >= 0.6 is 0 Å². The summed E-state index contributed by atoms with van der Waals surface area (Å²) in [4.78, 5) is 4.18. The minimum atomic E-state index is -0.603. The molecule has 0 heterocycles. The topological polar surface area (TPSA) is 63.6 Å². The molecule has 0 spiro atoms. The smallest absolute Gasteiger partial charge is 0.161 e. The van der Waals surface area contributed by atoms with E-state index in [9.17, 15) is 5.11 Å². The number of hydrogen-bond donors (Lipinski definition) is 1. The molecule has 7 heteroatoms. The van der Waals surface area contributed by atoms with Crippen LogP contribution in [0.3, 0.4) is 0 Å². The number of hydrogen-bond acceptors (Lipinski definition) is 7. The minimum absolute atomic E-state index is 0.222. The van der Waals surface area contributed by atoms with Gasteiger partial charge in [0.15, 0.2) is 11.5 Å². The quantitative estimate of drug-likeness (QED) is 0.461. The summed E-state index contributed by atoms with van der Waals surface area (Å²) < 4.78 is 22.2. The van der Waals surface area contributed by atoms with Crippen molar-refractivity contribution in [1.29, 1.82) is 0 Å². The van der Waals surface area contributed by atoms with Gasteiger partial charge in [0.1, 0.15) is 24.2 Å². The monoisotopic (exact) mass is 432 g/mol. The summed E-state index contributed by atoms with van der Waals surface area (Å²) in [7, 11) is 9.34. The lowest BCUT2D eigenvalue weighted by Crippen LogP contribution is -2.32. The number of aliphatic hydroxyl groups is 1. The van der Waals surface area contributed by atoms with E-state index < -0.39 is 6.10 Å². The molecule has 0 unspecified atom stereocenters. The van der Waals surface area contributed by atoms with E-state index >= 15 is 0 Å². The fourth-order valence-electron chi connectivity index (χ4n) is 3.15. The summed E-state index contributed by atoms with van der Waals surface area (Å²) >= 11 is 0. The molecule has 0 saturated heterocycles. The zero-order valence-electron chi connectivity index (χ0n) is 19.3. The lowest BCUT2D eigenvalue weighted by molar-refractivity contribution is 0.0743. The predicted octanol–water partition coefficient (Wildman–Crippen LogP) is 2.91. The van der Waals surface area contributed by atoms with Crippen LogP contribution in [0.1, 0.15) is 12.0 Å². The van der Waals surface area contributed by atoms with Gasteiger partial charge >= 0.3 is 0 Å². The first-order valence-electron chi connectivity index (χ1n) is 10.5. The Kier molecular flexibility index (Phi) is 10.4. The molecule has 2 aromatic rings. The van der Waals surface area contributed by atoms with E-state index in [2.05, 4.69) is 9.80 Å². The molecule has 2 aromatic carbocycles. The number of benzene rings is 2. The lowest BCUT2D eigenvalue weighted by Gasteiger charge is -2.21. The van der Waals surface area contributed by atoms with Crippen molar-refractivity contribution in [3.8, 4) is 23.0 Å². The molecule has 0 bridgehead atoms. The highest BCUT2D eigenvalue weighted by molar-refractivity contribution is 5.43. The molecule has 1 atom stereocenters. The summed E-state index contributed by atoms with van der Waals surface area (Å²) in [5, 5.41) is 10.3. The summed E-state index contributed by atoms with van der Waals surface area (Å²) in [5.41, 5.74) is 1.09. The van der Waals surface area contributed by atoms with Crippen molar-refractivity contribution in [2.75, 3.05) is 61.7 Å². The zero-order chi connectivity index (χ0) is 22.6. The van der Waals surface area contributed by atoms with Crippen LogP contribution in [0.25, 0.3) is 0 Å². The fraction of sp³-hybridized carbons (Fsp3) is 0.500. The van der Waals surface area contributed by atoms with Crippen molar-refractivity contribution >= 4 is 0 Å². The Balaban J connectivity index is 1.79. The van der Waals surface area contributed by atoms with Gasteiger partial charge in [0.05, 0.1) is 20.8 Å². The van der Waals surface area contributed by atoms with E-state index in [1.54, 1.807) is 14.2 Å². The van der Waals surface area contributed by atoms with E-state index in [1.165, 1.54) is 0 Å². The molecule has 1 N–H and O–H groups in total. The molecule has 0 radical (unpaired) electrons. The van der Waals surface area contributed by atoms with Crippen LogP contribution in [-0.2, 0) is 6.54 Å². The Bertz CT molecular complexity index is 767. The number of ether oxygens (including phenoxy) is 4. The van der Waals surface area contributed by atoms with E-state index in [-0.39, 0.29) is 6.61 Å². The maximum Gasteiger partial charge on any atom is 0.161 e. The molecule has 0 fully saturated rings. The molecular formula is C24H36N2O5. The normalized spacial score (nSPS) is 12.1. The summed E-state index contributed by atoms with van der Waals surface area (Å²) in [5.74, 6) is 2.95. The van der Waals surface area contributed by atoms with Crippen LogP contribution < -0.4 is 18.9 Å². The molecule has 2 rings (SSSR count). The molecule has 0 aliphatic rings. The summed E-state index contributed by atoms with van der Waals surface area (Å²) in [6.45, 7) is 3.02. The van der Waals surface area contributed by atoms with E-state index in [0.717, 1.165) is 35.8 Å². The first-order chi connectivity index (χ1) is 14.9. The highest BCUT2D eigenvalue weighted by Crippen LogP contribution is 2.28. The lowest BCUT2D eigenvalue weighted by atomic mass is 10.2. The van der Waals surface area contributed by atoms with Crippen molar-refractivity contribution in [3.63, 3.8) is 0 Å². The molecule has 7 nitrogen and oxygen atoms in total. The molecule has 172 valence electrons. The molecule has 0 amide bonds. The standard InChI is InChI=1S/C24H36N2O5/c1-25(2)13-6-14-30-23-12-7-19(15-24(23)29-5)16-26(3)17-20(27)18-31-22-10-8-21(28-4)9-11-22/h7-12,15,20,27H,6,13-14,16-18H2,1-5H3/t20-/m1/s1. The SMILES string of the molecule is COc1ccc(OC[C@H](O)CN(C)Cc2ccc(OCCCN(C)C)c(OC)c2)cc1. The van der Waals surface area contributed by atoms with Gasteiger partial charge in [-0.25, -0.2) is 0 Å². The van der Waals surface area contributed by atoms with Gasteiger partial charge < -0.3 is 29.0 Å². The maximum atomic E-state index is 10.3. The molecule has 31 heavy (non-hydrogen) atoms. The first kappa shape index (κ1) is 24.8. The number of methoxy groups -OCH3 is 2. The second-order valence-corrected chi connectivity index (χ2v) is 7.83. The molecule has 0 saturated carbocycles. The molecule has 0 aliphatic heterocycles. The maximum absolute atomic E-state index is 10.3. The van der Waals surface area contributed by atoms with Gasteiger partial charge in [-0.1, -0.05) is 6.07 Å². The third-order valence-corrected chi connectivity index (χ3v) is 4.71. The molecule has 0 aliphatic carbocycles. The van der Waals surface area contributed by atoms with Gasteiger partial charge in [0.2, 0.25) is 0 Å². The third-order valence-electron chi connectivity index (χ3n) is 4.71. The fourth-order valence-corrected chi connectivity index (χ4v) is 3.15. The van der Waals surface area contributed by atoms with Crippen LogP contribution in [0.15, 0.2) is 42.5 Å². The van der Waals surface area contributed by atoms with Gasteiger partial charge in [0, 0.05) is 19.6 Å². The Morgan fingerprint density at radius 3 is 2.23 bits per heavy atom. The van der Waals surface area contributed by atoms with Gasteiger partial charge in [-0.05, 0) is 69.5 Å². The van der Waals surface area contributed by atoms with Crippen LogP contribution in [0, 0.1) is 0 Å². The van der Waals surface area contributed by atoms with Crippen molar-refractivity contribution in [2.45, 2.75) is 19.1 Å². The van der Waals surface area contributed by atoms with Gasteiger partial charge in [-0.3, -0.25) is 4.90 Å². The van der Waals surface area contributed by atoms with Crippen LogP contribution in [0.4, 0.5) is 0 Å². The van der Waals surface area contributed by atoms with Crippen molar-refractivity contribution < 1.29 is 24.1 Å². The summed E-state index contributed by atoms with van der Waals surface area (Å²) in [6.07, 6.45) is 0.352. The predicted molar refractivity (Wildman–Crippen MR) is 122 cm³/mol. The average molecular weight is 433 g/mol. The van der Waals surface area contributed by atoms with Crippen LogP contribution in [0.5, 0.6) is 23.0 Å². The largest absolute Gasteiger partial charge is 0.497 e. The number of rotatable bonds is 14. The third kappa shape index (κ3) is 9.04. The van der Waals surface area contributed by atoms with Gasteiger partial charge in [-0.15, -0.1) is 0 Å². The Morgan fingerprint density at radius 2 is 1.58 bits per heavy atom. The van der Waals surface area contributed by atoms with Crippen molar-refractivity contribution in [3.05, 3.63) is 48.0 Å². The summed E-state index contributed by atoms with van der Waals surface area (Å²) in [6, 6.07) is 13.3. The minimum Gasteiger partial charge on any atom is -0.497 e. The van der Waals surface area contributed by atoms with E-state index in [0.29, 0.717) is 25.4 Å². The first-order valence-corrected chi connectivity index (χ1v) is 10.5. The average Bonchev–Trinajstić information content (AvgIpc) is 2.76. The zero-order valence-corrected chi connectivity index (χ0v) is 19.3. The van der Waals surface area contributed by atoms with Gasteiger partial charge in [0.25, 0.3) is 0 Å². The number of likely N-dealkylation sites (N-methyl/N-ethyl adjacent to an activating group) is 1. The van der Waals surface area contributed by atoms with Gasteiger partial charge in [-0.2, -0.15) is 0 Å². The van der Waals surface area contributed by atoms with Crippen molar-refractivity contribution in [1.82, 2.24) is 9.80 Å². The Hall–Kier alpha value is -2.48. The Morgan fingerprint density at radius 1 is 0.871 bits per heavy atom. The number of aliphatic hydroxyl groups excluding tert-OH is 1. The Labute approximate surface area is 186 Å². The van der Waals surface area contributed by atoms with Crippen LogP contribution in [0.2, 0.25) is 0 Å². The second kappa shape index (κ2) is 13.0. The highest BCUT2D eigenvalue weighted by Gasteiger charge is 2.12. The van der Waals surface area contributed by atoms with Crippen molar-refractivity contribution in [2.24, 2.45) is 0 Å². The van der Waals surface area contributed by atoms with E-state index in [4.69, 9.17) is 18.9 Å². The number of nitrogens with zero attached hydrogens (tertiary/aromatic N) is 2. The molecular weight excluding hydrogens is 396 g/mol. The molecule has 0 aromatic heterocycles. The highest BCUT2D eigenvalue weighted by atomic mass is 16.5. The van der Waals surface area contributed by atoms with Crippen LogP contribution in [-0.4, -0.2) is 82.7 Å². The van der Waals surface area contributed by atoms with E-state index in [1.807, 2.05) is 63.6 Å². The second-order valence-electron chi connectivity index (χ2n) is 7.83.